The molecule has 1 aliphatic rings. The van der Waals surface area contributed by atoms with E-state index in [1.54, 1.807) is 0 Å². The van der Waals surface area contributed by atoms with Crippen molar-refractivity contribution >= 4 is 0 Å². The quantitative estimate of drug-likeness (QED) is 0.883. The maximum Gasteiger partial charge on any atom is 0.0597 e. The lowest BCUT2D eigenvalue weighted by Crippen LogP contribution is -2.54. The molecule has 0 spiro atoms. The van der Waals surface area contributed by atoms with Gasteiger partial charge in [0.25, 0.3) is 0 Å². The minimum absolute atomic E-state index is 0.605. The van der Waals surface area contributed by atoms with Crippen LogP contribution >= 0.6 is 0 Å². The first-order chi connectivity index (χ1) is 8.60. The van der Waals surface area contributed by atoms with Crippen molar-refractivity contribution in [2.24, 2.45) is 7.05 Å². The molecule has 2 unspecified atom stereocenters. The molecular weight excluding hydrogens is 224 g/mol. The van der Waals surface area contributed by atoms with Gasteiger partial charge in [-0.15, -0.1) is 0 Å². The molecule has 1 aromatic rings. The molecule has 1 fully saturated rings. The SMILES string of the molecule is CCCC1CN(Cc2cc(C)nn2C)C(C)CN1. The summed E-state index contributed by atoms with van der Waals surface area (Å²) in [4.78, 5) is 2.58. The van der Waals surface area contributed by atoms with Gasteiger partial charge in [0.05, 0.1) is 11.4 Å². The van der Waals surface area contributed by atoms with Crippen LogP contribution in [0.25, 0.3) is 0 Å². The Morgan fingerprint density at radius 1 is 1.50 bits per heavy atom. The average Bonchev–Trinajstić information content (AvgIpc) is 2.62. The van der Waals surface area contributed by atoms with E-state index in [1.165, 1.54) is 18.5 Å². The van der Waals surface area contributed by atoms with Crippen molar-refractivity contribution in [1.82, 2.24) is 20.0 Å². The van der Waals surface area contributed by atoms with Crippen molar-refractivity contribution in [3.05, 3.63) is 17.5 Å². The van der Waals surface area contributed by atoms with Crippen LogP contribution in [-0.2, 0) is 13.6 Å². The Hall–Kier alpha value is -0.870. The van der Waals surface area contributed by atoms with Crippen LogP contribution in [-0.4, -0.2) is 39.9 Å². The van der Waals surface area contributed by atoms with Gasteiger partial charge >= 0.3 is 0 Å². The average molecular weight is 250 g/mol. The molecule has 1 saturated heterocycles. The van der Waals surface area contributed by atoms with E-state index in [1.807, 2.05) is 11.7 Å². The Morgan fingerprint density at radius 3 is 2.89 bits per heavy atom. The van der Waals surface area contributed by atoms with Gasteiger partial charge in [0, 0.05) is 38.8 Å². The molecule has 102 valence electrons. The Labute approximate surface area is 110 Å². The van der Waals surface area contributed by atoms with Crippen molar-refractivity contribution < 1.29 is 0 Å². The Kier molecular flexibility index (Phi) is 4.40. The zero-order chi connectivity index (χ0) is 13.1. The number of rotatable bonds is 4. The summed E-state index contributed by atoms with van der Waals surface area (Å²) in [6.07, 6.45) is 2.53. The van der Waals surface area contributed by atoms with Gasteiger partial charge in [0.15, 0.2) is 0 Å². The third-order valence-corrected chi connectivity index (χ3v) is 3.88. The molecule has 0 saturated carbocycles. The first-order valence-electron chi connectivity index (χ1n) is 7.07. The number of hydrogen-bond donors (Lipinski definition) is 1. The predicted octanol–water partition coefficient (Wildman–Crippen LogP) is 1.69. The van der Waals surface area contributed by atoms with E-state index in [-0.39, 0.29) is 0 Å². The van der Waals surface area contributed by atoms with Gasteiger partial charge in [-0.1, -0.05) is 13.3 Å². The fourth-order valence-electron chi connectivity index (χ4n) is 2.78. The molecule has 4 nitrogen and oxygen atoms in total. The van der Waals surface area contributed by atoms with Crippen LogP contribution in [0.15, 0.2) is 6.07 Å². The molecule has 0 bridgehead atoms. The Morgan fingerprint density at radius 2 is 2.28 bits per heavy atom. The minimum Gasteiger partial charge on any atom is -0.311 e. The summed E-state index contributed by atoms with van der Waals surface area (Å²) < 4.78 is 2.01. The molecule has 1 N–H and O–H groups in total. The molecule has 1 aliphatic heterocycles. The zero-order valence-electron chi connectivity index (χ0n) is 12.1. The van der Waals surface area contributed by atoms with Crippen LogP contribution in [0, 0.1) is 6.92 Å². The lowest BCUT2D eigenvalue weighted by atomic mass is 10.1. The van der Waals surface area contributed by atoms with E-state index < -0.39 is 0 Å². The highest BCUT2D eigenvalue weighted by atomic mass is 15.3. The number of nitrogens with zero attached hydrogens (tertiary/aromatic N) is 3. The van der Waals surface area contributed by atoms with Gasteiger partial charge in [0.2, 0.25) is 0 Å². The largest absolute Gasteiger partial charge is 0.311 e. The van der Waals surface area contributed by atoms with E-state index in [0.717, 1.165) is 25.3 Å². The van der Waals surface area contributed by atoms with E-state index in [4.69, 9.17) is 0 Å². The number of hydrogen-bond acceptors (Lipinski definition) is 3. The van der Waals surface area contributed by atoms with Crippen LogP contribution in [0.5, 0.6) is 0 Å². The first-order valence-corrected chi connectivity index (χ1v) is 7.07. The molecular formula is C14H26N4. The third kappa shape index (κ3) is 3.12. The Bertz CT molecular complexity index is 385. The molecule has 0 aromatic carbocycles. The van der Waals surface area contributed by atoms with Gasteiger partial charge in [0.1, 0.15) is 0 Å². The highest BCUT2D eigenvalue weighted by molar-refractivity contribution is 5.09. The summed E-state index contributed by atoms with van der Waals surface area (Å²) in [5.74, 6) is 0. The summed E-state index contributed by atoms with van der Waals surface area (Å²) in [6.45, 7) is 9.89. The standard InChI is InChI=1S/C14H26N4/c1-5-6-13-9-18(12(3)8-15-13)10-14-7-11(2)16-17(14)4/h7,12-13,15H,5-6,8-10H2,1-4H3. The van der Waals surface area contributed by atoms with Gasteiger partial charge < -0.3 is 5.32 Å². The maximum atomic E-state index is 4.43. The van der Waals surface area contributed by atoms with E-state index in [0.29, 0.717) is 12.1 Å². The van der Waals surface area contributed by atoms with Gasteiger partial charge in [-0.05, 0) is 26.3 Å². The monoisotopic (exact) mass is 250 g/mol. The van der Waals surface area contributed by atoms with Gasteiger partial charge in [-0.25, -0.2) is 0 Å². The van der Waals surface area contributed by atoms with Crippen molar-refractivity contribution in [3.63, 3.8) is 0 Å². The van der Waals surface area contributed by atoms with E-state index in [9.17, 15) is 0 Å². The number of piperazine rings is 1. The summed E-state index contributed by atoms with van der Waals surface area (Å²) in [5, 5.41) is 8.07. The van der Waals surface area contributed by atoms with Crippen molar-refractivity contribution in [2.45, 2.75) is 52.2 Å². The van der Waals surface area contributed by atoms with Crippen LogP contribution in [0.2, 0.25) is 0 Å². The van der Waals surface area contributed by atoms with Gasteiger partial charge in [-0.3, -0.25) is 9.58 Å². The fraction of sp³-hybridized carbons (Fsp3) is 0.786. The van der Waals surface area contributed by atoms with Crippen molar-refractivity contribution in [1.29, 1.82) is 0 Å². The second kappa shape index (κ2) is 5.85. The second-order valence-electron chi connectivity index (χ2n) is 5.57. The predicted molar refractivity (Wildman–Crippen MR) is 74.5 cm³/mol. The second-order valence-corrected chi connectivity index (χ2v) is 5.57. The topological polar surface area (TPSA) is 33.1 Å². The molecule has 0 radical (unpaired) electrons. The van der Waals surface area contributed by atoms with Crippen LogP contribution in [0.3, 0.4) is 0 Å². The fourth-order valence-corrected chi connectivity index (χ4v) is 2.78. The summed E-state index contributed by atoms with van der Waals surface area (Å²) in [5.41, 5.74) is 2.43. The van der Waals surface area contributed by atoms with Crippen LogP contribution in [0.1, 0.15) is 38.1 Å². The normalized spacial score (nSPS) is 25.6. The number of nitrogens with one attached hydrogen (secondary N) is 1. The number of aromatic nitrogens is 2. The smallest absolute Gasteiger partial charge is 0.0597 e. The molecule has 2 rings (SSSR count). The zero-order valence-corrected chi connectivity index (χ0v) is 12.1. The molecule has 2 heterocycles. The Balaban J connectivity index is 2.00. The molecule has 1 aromatic heterocycles. The number of aryl methyl sites for hydroxylation is 2. The maximum absolute atomic E-state index is 4.43. The third-order valence-electron chi connectivity index (χ3n) is 3.88. The minimum atomic E-state index is 0.605. The molecule has 0 amide bonds. The lowest BCUT2D eigenvalue weighted by molar-refractivity contribution is 0.126. The molecule has 4 heteroatoms. The van der Waals surface area contributed by atoms with Crippen molar-refractivity contribution in [3.8, 4) is 0 Å². The lowest BCUT2D eigenvalue weighted by Gasteiger charge is -2.38. The van der Waals surface area contributed by atoms with Crippen molar-refractivity contribution in [2.75, 3.05) is 13.1 Å². The van der Waals surface area contributed by atoms with Crippen LogP contribution < -0.4 is 5.32 Å². The van der Waals surface area contributed by atoms with Crippen LogP contribution in [0.4, 0.5) is 0 Å². The van der Waals surface area contributed by atoms with E-state index in [2.05, 4.69) is 42.2 Å². The highest BCUT2D eigenvalue weighted by Gasteiger charge is 2.24. The highest BCUT2D eigenvalue weighted by Crippen LogP contribution is 2.14. The molecule has 18 heavy (non-hydrogen) atoms. The molecule has 0 aliphatic carbocycles. The summed E-state index contributed by atoms with van der Waals surface area (Å²) in [7, 11) is 2.04. The van der Waals surface area contributed by atoms with Gasteiger partial charge in [-0.2, -0.15) is 5.10 Å². The first kappa shape index (κ1) is 13.6. The molecule has 2 atom stereocenters. The summed E-state index contributed by atoms with van der Waals surface area (Å²) in [6, 6.07) is 3.46. The van der Waals surface area contributed by atoms with E-state index >= 15 is 0 Å². The summed E-state index contributed by atoms with van der Waals surface area (Å²) >= 11 is 0.